The molecule has 0 saturated carbocycles. The maximum absolute atomic E-state index is 12.1. The Morgan fingerprint density at radius 3 is 2.79 bits per heavy atom. The lowest BCUT2D eigenvalue weighted by Gasteiger charge is -2.13. The highest BCUT2D eigenvalue weighted by atomic mass is 32.1. The predicted molar refractivity (Wildman–Crippen MR) is 80.9 cm³/mol. The number of carbonyl (C=O) groups is 1. The Hall–Kier alpha value is -0.870. The molecule has 0 radical (unpaired) electrons. The second kappa shape index (κ2) is 8.33. The molecule has 0 bridgehead atoms. The third kappa shape index (κ3) is 4.96. The van der Waals surface area contributed by atoms with Crippen molar-refractivity contribution in [1.29, 1.82) is 0 Å². The van der Waals surface area contributed by atoms with Crippen LogP contribution in [0.15, 0.2) is 6.07 Å². The summed E-state index contributed by atoms with van der Waals surface area (Å²) >= 11 is 1.57. The van der Waals surface area contributed by atoms with Crippen molar-refractivity contribution in [2.24, 2.45) is 5.92 Å². The number of nitrogens with one attached hydrogen (secondary N) is 1. The molecule has 1 rings (SSSR count). The highest BCUT2D eigenvalue weighted by molar-refractivity contribution is 7.14. The van der Waals surface area contributed by atoms with Crippen LogP contribution < -0.4 is 5.32 Å². The summed E-state index contributed by atoms with van der Waals surface area (Å²) in [5.74, 6) is 0.386. The molecule has 3 nitrogen and oxygen atoms in total. The average molecular weight is 283 g/mol. The van der Waals surface area contributed by atoms with Gasteiger partial charge in [-0.3, -0.25) is 4.79 Å². The lowest BCUT2D eigenvalue weighted by atomic mass is 10.0. The van der Waals surface area contributed by atoms with Crippen LogP contribution in [0.4, 0.5) is 0 Å². The van der Waals surface area contributed by atoms with Gasteiger partial charge in [-0.05, 0) is 37.3 Å². The van der Waals surface area contributed by atoms with Gasteiger partial charge >= 0.3 is 0 Å². The highest BCUT2D eigenvalue weighted by Crippen LogP contribution is 2.22. The molecule has 4 heteroatoms. The molecule has 0 fully saturated rings. The molecule has 0 saturated heterocycles. The van der Waals surface area contributed by atoms with Crippen molar-refractivity contribution >= 4 is 17.2 Å². The van der Waals surface area contributed by atoms with Gasteiger partial charge in [0, 0.05) is 18.0 Å². The van der Waals surface area contributed by atoms with Gasteiger partial charge in [-0.15, -0.1) is 11.3 Å². The number of carbonyl (C=O) groups excluding carboxylic acids is 1. The number of thiophene rings is 1. The quantitative estimate of drug-likeness (QED) is 0.770. The summed E-state index contributed by atoms with van der Waals surface area (Å²) in [7, 11) is 0. The number of amides is 1. The van der Waals surface area contributed by atoms with Crippen molar-refractivity contribution in [3.8, 4) is 0 Å². The number of hydrogen-bond donors (Lipinski definition) is 2. The van der Waals surface area contributed by atoms with E-state index in [1.165, 1.54) is 10.4 Å². The van der Waals surface area contributed by atoms with Crippen LogP contribution in [-0.4, -0.2) is 24.2 Å². The molecule has 0 aliphatic rings. The maximum Gasteiger partial charge on any atom is 0.261 e. The standard InChI is InChI=1S/C15H25NO2S/c1-4-6-13-9-14(19-11(13)3)15(18)16-10-12(5-2)7-8-17/h9,12,17H,4-8,10H2,1-3H3,(H,16,18). The van der Waals surface area contributed by atoms with Crippen LogP contribution in [0.3, 0.4) is 0 Å². The van der Waals surface area contributed by atoms with Gasteiger partial charge in [-0.2, -0.15) is 0 Å². The van der Waals surface area contributed by atoms with E-state index in [1.807, 2.05) is 6.07 Å². The molecule has 1 heterocycles. The normalized spacial score (nSPS) is 12.4. The number of rotatable bonds is 8. The van der Waals surface area contributed by atoms with Crippen LogP contribution in [0, 0.1) is 12.8 Å². The van der Waals surface area contributed by atoms with E-state index >= 15 is 0 Å². The zero-order valence-electron chi connectivity index (χ0n) is 12.2. The minimum Gasteiger partial charge on any atom is -0.396 e. The van der Waals surface area contributed by atoms with Crippen LogP contribution in [0.25, 0.3) is 0 Å². The van der Waals surface area contributed by atoms with Crippen molar-refractivity contribution in [2.75, 3.05) is 13.2 Å². The van der Waals surface area contributed by atoms with E-state index in [-0.39, 0.29) is 12.5 Å². The Bertz CT molecular complexity index is 401. The zero-order valence-corrected chi connectivity index (χ0v) is 13.0. The molecule has 108 valence electrons. The third-order valence-corrected chi connectivity index (χ3v) is 4.52. The van der Waals surface area contributed by atoms with Crippen LogP contribution >= 0.6 is 11.3 Å². The van der Waals surface area contributed by atoms with Gasteiger partial charge in [-0.25, -0.2) is 0 Å². The number of hydrogen-bond acceptors (Lipinski definition) is 3. The number of aliphatic hydroxyl groups is 1. The first-order valence-electron chi connectivity index (χ1n) is 7.10. The van der Waals surface area contributed by atoms with E-state index in [9.17, 15) is 4.79 Å². The summed E-state index contributed by atoms with van der Waals surface area (Å²) in [4.78, 5) is 14.1. The van der Waals surface area contributed by atoms with Crippen molar-refractivity contribution in [3.63, 3.8) is 0 Å². The molecule has 0 spiro atoms. The summed E-state index contributed by atoms with van der Waals surface area (Å²) in [5.41, 5.74) is 1.29. The Balaban J connectivity index is 2.55. The van der Waals surface area contributed by atoms with Crippen LogP contribution in [0.1, 0.15) is 53.2 Å². The van der Waals surface area contributed by atoms with E-state index in [4.69, 9.17) is 5.11 Å². The van der Waals surface area contributed by atoms with Crippen molar-refractivity contribution in [1.82, 2.24) is 5.32 Å². The minimum absolute atomic E-state index is 0.0202. The molecule has 1 amide bonds. The topological polar surface area (TPSA) is 49.3 Å². The summed E-state index contributed by atoms with van der Waals surface area (Å²) in [6, 6.07) is 2.02. The molecular weight excluding hydrogens is 258 g/mol. The van der Waals surface area contributed by atoms with Gasteiger partial charge in [0.2, 0.25) is 0 Å². The van der Waals surface area contributed by atoms with E-state index in [0.29, 0.717) is 12.5 Å². The third-order valence-electron chi connectivity index (χ3n) is 3.43. The molecule has 0 aliphatic heterocycles. The Morgan fingerprint density at radius 1 is 1.47 bits per heavy atom. The first-order valence-corrected chi connectivity index (χ1v) is 7.92. The van der Waals surface area contributed by atoms with E-state index in [1.54, 1.807) is 11.3 Å². The van der Waals surface area contributed by atoms with Crippen molar-refractivity contribution < 1.29 is 9.90 Å². The molecule has 1 unspecified atom stereocenters. The Kier molecular flexibility index (Phi) is 7.10. The lowest BCUT2D eigenvalue weighted by molar-refractivity contribution is 0.0947. The minimum atomic E-state index is 0.0202. The fourth-order valence-corrected chi connectivity index (χ4v) is 3.09. The average Bonchev–Trinajstić information content (AvgIpc) is 2.76. The summed E-state index contributed by atoms with van der Waals surface area (Å²) in [6.07, 6.45) is 3.87. The highest BCUT2D eigenvalue weighted by Gasteiger charge is 2.13. The van der Waals surface area contributed by atoms with E-state index in [0.717, 1.165) is 30.6 Å². The molecule has 1 atom stereocenters. The molecule has 0 aliphatic carbocycles. The number of aryl methyl sites for hydroxylation is 2. The lowest BCUT2D eigenvalue weighted by Crippen LogP contribution is -2.29. The maximum atomic E-state index is 12.1. The van der Waals surface area contributed by atoms with Crippen molar-refractivity contribution in [2.45, 2.75) is 46.5 Å². The van der Waals surface area contributed by atoms with Crippen LogP contribution in [0.2, 0.25) is 0 Å². The van der Waals surface area contributed by atoms with Gasteiger partial charge in [0.1, 0.15) is 0 Å². The summed E-state index contributed by atoms with van der Waals surface area (Å²) < 4.78 is 0. The van der Waals surface area contributed by atoms with Gasteiger partial charge in [0.05, 0.1) is 4.88 Å². The molecule has 19 heavy (non-hydrogen) atoms. The first kappa shape index (κ1) is 16.2. The van der Waals surface area contributed by atoms with Crippen LogP contribution in [-0.2, 0) is 6.42 Å². The number of aliphatic hydroxyl groups excluding tert-OH is 1. The Morgan fingerprint density at radius 2 is 2.21 bits per heavy atom. The van der Waals surface area contributed by atoms with Gasteiger partial charge < -0.3 is 10.4 Å². The van der Waals surface area contributed by atoms with Gasteiger partial charge in [0.15, 0.2) is 0 Å². The summed E-state index contributed by atoms with van der Waals surface area (Å²) in [6.45, 7) is 7.15. The van der Waals surface area contributed by atoms with E-state index < -0.39 is 0 Å². The van der Waals surface area contributed by atoms with Gasteiger partial charge in [-0.1, -0.05) is 26.7 Å². The second-order valence-corrected chi connectivity index (χ2v) is 6.19. The summed E-state index contributed by atoms with van der Waals surface area (Å²) in [5, 5.41) is 11.9. The smallest absolute Gasteiger partial charge is 0.261 e. The zero-order chi connectivity index (χ0) is 14.3. The van der Waals surface area contributed by atoms with E-state index in [2.05, 4.69) is 26.1 Å². The second-order valence-electron chi connectivity index (χ2n) is 4.94. The fourth-order valence-electron chi connectivity index (χ4n) is 2.11. The monoisotopic (exact) mass is 283 g/mol. The molecular formula is C15H25NO2S. The largest absolute Gasteiger partial charge is 0.396 e. The Labute approximate surface area is 120 Å². The van der Waals surface area contributed by atoms with Crippen LogP contribution in [0.5, 0.6) is 0 Å². The molecule has 2 N–H and O–H groups in total. The first-order chi connectivity index (χ1) is 9.12. The van der Waals surface area contributed by atoms with Crippen molar-refractivity contribution in [3.05, 3.63) is 21.4 Å². The molecule has 0 aromatic carbocycles. The predicted octanol–water partition coefficient (Wildman–Crippen LogP) is 3.15. The fraction of sp³-hybridized carbons (Fsp3) is 0.667. The molecule has 1 aromatic rings. The molecule has 1 aromatic heterocycles. The SMILES string of the molecule is CCCc1cc(C(=O)NCC(CC)CCO)sc1C. The van der Waals surface area contributed by atoms with Gasteiger partial charge in [0.25, 0.3) is 5.91 Å².